The first-order valence-corrected chi connectivity index (χ1v) is 8.38. The molecule has 1 aromatic carbocycles. The molecule has 8 nitrogen and oxygen atoms in total. The van der Waals surface area contributed by atoms with E-state index in [0.29, 0.717) is 18.7 Å². The number of rotatable bonds is 4. The molecule has 3 rings (SSSR count). The molecule has 1 unspecified atom stereocenters. The van der Waals surface area contributed by atoms with E-state index in [2.05, 4.69) is 5.10 Å². The average molecular weight is 355 g/mol. The molecule has 0 radical (unpaired) electrons. The quantitative estimate of drug-likeness (QED) is 0.840. The summed E-state index contributed by atoms with van der Waals surface area (Å²) >= 11 is 0. The lowest BCUT2D eigenvalue weighted by Gasteiger charge is -2.39. The van der Waals surface area contributed by atoms with Gasteiger partial charge in [0.1, 0.15) is 6.04 Å². The SMILES string of the molecule is CC(=O)N1CCN(C(=O)c2ccccc2Cn2cccn2)C(C(N)=O)C1. The number of hydrogen-bond acceptors (Lipinski definition) is 4. The fourth-order valence-electron chi connectivity index (χ4n) is 3.15. The van der Waals surface area contributed by atoms with Gasteiger partial charge in [-0.1, -0.05) is 18.2 Å². The van der Waals surface area contributed by atoms with Crippen molar-refractivity contribution in [2.24, 2.45) is 5.73 Å². The van der Waals surface area contributed by atoms with Crippen LogP contribution in [0.2, 0.25) is 0 Å². The number of carbonyl (C=O) groups excluding carboxylic acids is 3. The zero-order chi connectivity index (χ0) is 18.7. The Morgan fingerprint density at radius 2 is 1.96 bits per heavy atom. The van der Waals surface area contributed by atoms with E-state index in [-0.39, 0.29) is 24.9 Å². The molecular weight excluding hydrogens is 334 g/mol. The first-order chi connectivity index (χ1) is 12.5. The van der Waals surface area contributed by atoms with Gasteiger partial charge in [0.2, 0.25) is 11.8 Å². The summed E-state index contributed by atoms with van der Waals surface area (Å²) in [6, 6.07) is 8.21. The number of nitrogens with two attached hydrogens (primary N) is 1. The van der Waals surface area contributed by atoms with Gasteiger partial charge in [0, 0.05) is 38.0 Å². The molecule has 0 aliphatic carbocycles. The van der Waals surface area contributed by atoms with Crippen LogP contribution in [0.4, 0.5) is 0 Å². The van der Waals surface area contributed by atoms with Crippen LogP contribution in [-0.2, 0) is 16.1 Å². The van der Waals surface area contributed by atoms with Gasteiger partial charge >= 0.3 is 0 Å². The molecule has 26 heavy (non-hydrogen) atoms. The maximum Gasteiger partial charge on any atom is 0.255 e. The summed E-state index contributed by atoms with van der Waals surface area (Å²) in [5.41, 5.74) is 6.81. The summed E-state index contributed by atoms with van der Waals surface area (Å²) in [5.74, 6) is -1.02. The van der Waals surface area contributed by atoms with Gasteiger partial charge in [0.05, 0.1) is 13.1 Å². The van der Waals surface area contributed by atoms with Crippen LogP contribution in [0.1, 0.15) is 22.8 Å². The van der Waals surface area contributed by atoms with Crippen molar-refractivity contribution in [1.82, 2.24) is 19.6 Å². The normalized spacial score (nSPS) is 17.2. The fraction of sp³-hybridized carbons (Fsp3) is 0.333. The summed E-state index contributed by atoms with van der Waals surface area (Å²) in [7, 11) is 0. The summed E-state index contributed by atoms with van der Waals surface area (Å²) in [5, 5.41) is 4.17. The smallest absolute Gasteiger partial charge is 0.255 e. The molecule has 3 amide bonds. The van der Waals surface area contributed by atoms with Crippen molar-refractivity contribution in [3.63, 3.8) is 0 Å². The van der Waals surface area contributed by atoms with E-state index in [1.54, 1.807) is 23.0 Å². The highest BCUT2D eigenvalue weighted by molar-refractivity contribution is 5.99. The highest BCUT2D eigenvalue weighted by Gasteiger charge is 2.35. The molecule has 1 aromatic heterocycles. The molecular formula is C18H21N5O3. The van der Waals surface area contributed by atoms with Crippen molar-refractivity contribution >= 4 is 17.7 Å². The van der Waals surface area contributed by atoms with Crippen LogP contribution in [0.5, 0.6) is 0 Å². The van der Waals surface area contributed by atoms with Crippen molar-refractivity contribution in [1.29, 1.82) is 0 Å². The summed E-state index contributed by atoms with van der Waals surface area (Å²) < 4.78 is 1.73. The standard InChI is InChI=1S/C18H21N5O3/c1-13(24)21-9-10-23(16(12-21)17(19)25)18(26)15-6-3-2-5-14(15)11-22-8-4-7-20-22/h2-8,16H,9-12H2,1H3,(H2,19,25). The van der Waals surface area contributed by atoms with Crippen LogP contribution in [0.25, 0.3) is 0 Å². The predicted octanol–water partition coefficient (Wildman–Crippen LogP) is 0.0896. The topological polar surface area (TPSA) is 102 Å². The van der Waals surface area contributed by atoms with E-state index in [9.17, 15) is 14.4 Å². The van der Waals surface area contributed by atoms with Crippen molar-refractivity contribution < 1.29 is 14.4 Å². The molecule has 136 valence electrons. The minimum atomic E-state index is -0.835. The molecule has 2 N–H and O–H groups in total. The number of benzene rings is 1. The van der Waals surface area contributed by atoms with E-state index < -0.39 is 11.9 Å². The van der Waals surface area contributed by atoms with E-state index >= 15 is 0 Å². The zero-order valence-corrected chi connectivity index (χ0v) is 14.5. The zero-order valence-electron chi connectivity index (χ0n) is 14.5. The van der Waals surface area contributed by atoms with Crippen LogP contribution in [0.15, 0.2) is 42.7 Å². The van der Waals surface area contributed by atoms with Crippen molar-refractivity contribution in [2.45, 2.75) is 19.5 Å². The molecule has 0 spiro atoms. The molecule has 1 fully saturated rings. The molecule has 0 bridgehead atoms. The monoisotopic (exact) mass is 355 g/mol. The molecule has 2 aromatic rings. The van der Waals surface area contributed by atoms with Gasteiger partial charge in [-0.3, -0.25) is 19.1 Å². The first-order valence-electron chi connectivity index (χ1n) is 8.38. The Labute approximate surface area is 151 Å². The lowest BCUT2D eigenvalue weighted by molar-refractivity contribution is -0.134. The second kappa shape index (κ2) is 7.38. The van der Waals surface area contributed by atoms with Crippen LogP contribution in [0, 0.1) is 0 Å². The van der Waals surface area contributed by atoms with Crippen LogP contribution in [0.3, 0.4) is 0 Å². The maximum atomic E-state index is 13.1. The molecule has 2 heterocycles. The Morgan fingerprint density at radius 3 is 2.62 bits per heavy atom. The van der Waals surface area contributed by atoms with Gasteiger partial charge in [-0.05, 0) is 17.7 Å². The largest absolute Gasteiger partial charge is 0.368 e. The third-order valence-corrected chi connectivity index (χ3v) is 4.55. The second-order valence-electron chi connectivity index (χ2n) is 6.24. The van der Waals surface area contributed by atoms with Crippen LogP contribution in [-0.4, -0.2) is 63.0 Å². The number of hydrogen-bond donors (Lipinski definition) is 1. The summed E-state index contributed by atoms with van der Waals surface area (Å²) in [6.45, 7) is 2.66. The van der Waals surface area contributed by atoms with Gasteiger partial charge in [-0.25, -0.2) is 0 Å². The van der Waals surface area contributed by atoms with Gasteiger partial charge in [-0.15, -0.1) is 0 Å². The second-order valence-corrected chi connectivity index (χ2v) is 6.24. The van der Waals surface area contributed by atoms with Crippen LogP contribution >= 0.6 is 0 Å². The minimum absolute atomic E-state index is 0.123. The number of carbonyl (C=O) groups is 3. The third kappa shape index (κ3) is 3.58. The molecule has 1 aliphatic heterocycles. The van der Waals surface area contributed by atoms with Gasteiger partial charge in [0.15, 0.2) is 0 Å². The number of primary amides is 1. The number of nitrogens with zero attached hydrogens (tertiary/aromatic N) is 4. The lowest BCUT2D eigenvalue weighted by atomic mass is 10.0. The summed E-state index contributed by atoms with van der Waals surface area (Å²) in [4.78, 5) is 39.6. The number of amides is 3. The Balaban J connectivity index is 1.86. The van der Waals surface area contributed by atoms with E-state index in [4.69, 9.17) is 5.73 Å². The van der Waals surface area contributed by atoms with E-state index in [1.807, 2.05) is 24.4 Å². The highest BCUT2D eigenvalue weighted by atomic mass is 16.2. The predicted molar refractivity (Wildman–Crippen MR) is 94.0 cm³/mol. The van der Waals surface area contributed by atoms with E-state index in [0.717, 1.165) is 5.56 Å². The maximum absolute atomic E-state index is 13.1. The lowest BCUT2D eigenvalue weighted by Crippen LogP contribution is -2.60. The minimum Gasteiger partial charge on any atom is -0.368 e. The Morgan fingerprint density at radius 1 is 1.19 bits per heavy atom. The Kier molecular flexibility index (Phi) is 5.01. The Hall–Kier alpha value is -3.16. The molecule has 1 aliphatic rings. The first kappa shape index (κ1) is 17.7. The highest BCUT2D eigenvalue weighted by Crippen LogP contribution is 2.18. The van der Waals surface area contributed by atoms with Gasteiger partial charge < -0.3 is 15.5 Å². The van der Waals surface area contributed by atoms with Gasteiger partial charge in [-0.2, -0.15) is 5.10 Å². The Bertz CT molecular complexity index is 818. The number of aromatic nitrogens is 2. The number of piperazine rings is 1. The fourth-order valence-corrected chi connectivity index (χ4v) is 3.15. The summed E-state index contributed by atoms with van der Waals surface area (Å²) in [6.07, 6.45) is 3.49. The van der Waals surface area contributed by atoms with Crippen LogP contribution < -0.4 is 5.73 Å². The van der Waals surface area contributed by atoms with E-state index in [1.165, 1.54) is 16.7 Å². The van der Waals surface area contributed by atoms with Crippen molar-refractivity contribution in [3.05, 3.63) is 53.9 Å². The molecule has 1 saturated heterocycles. The molecule has 0 saturated carbocycles. The molecule has 8 heteroatoms. The molecule has 1 atom stereocenters. The van der Waals surface area contributed by atoms with Gasteiger partial charge in [0.25, 0.3) is 5.91 Å². The van der Waals surface area contributed by atoms with Crippen molar-refractivity contribution in [3.8, 4) is 0 Å². The average Bonchev–Trinajstić information content (AvgIpc) is 3.14. The third-order valence-electron chi connectivity index (χ3n) is 4.55. The van der Waals surface area contributed by atoms with Crippen molar-refractivity contribution in [2.75, 3.05) is 19.6 Å².